The first-order valence-corrected chi connectivity index (χ1v) is 6.97. The number of nitrogens with two attached hydrogens (primary N) is 1. The summed E-state index contributed by atoms with van der Waals surface area (Å²) in [5.74, 6) is -0.351. The Morgan fingerprint density at radius 1 is 1.33 bits per heavy atom. The van der Waals surface area contributed by atoms with Gasteiger partial charge in [-0.3, -0.25) is 9.59 Å². The largest absolute Gasteiger partial charge is 0.397 e. The van der Waals surface area contributed by atoms with E-state index in [1.807, 2.05) is 18.4 Å². The van der Waals surface area contributed by atoms with Gasteiger partial charge >= 0.3 is 0 Å². The number of nitrogens with zero attached hydrogens (tertiary/aromatic N) is 1. The molecule has 7 nitrogen and oxygen atoms in total. The summed E-state index contributed by atoms with van der Waals surface area (Å²) < 4.78 is 6.64. The highest BCUT2D eigenvalue weighted by Gasteiger charge is 2.14. The molecule has 1 heterocycles. The van der Waals surface area contributed by atoms with Crippen LogP contribution < -0.4 is 16.4 Å². The third-order valence-corrected chi connectivity index (χ3v) is 2.92. The zero-order valence-corrected chi connectivity index (χ0v) is 12.8. The van der Waals surface area contributed by atoms with Gasteiger partial charge in [0.25, 0.3) is 5.91 Å². The average molecular weight is 296 g/mol. The van der Waals surface area contributed by atoms with Gasteiger partial charge in [-0.05, 0) is 19.9 Å². The molecule has 0 aliphatic heterocycles. The Morgan fingerprint density at radius 2 is 2.05 bits per heavy atom. The molecule has 1 aromatic rings. The van der Waals surface area contributed by atoms with Crippen molar-refractivity contribution in [1.29, 1.82) is 0 Å². The topological polar surface area (TPSA) is 98.4 Å². The maximum Gasteiger partial charge on any atom is 0.268 e. The number of carbonyl (C=O) groups excluding carboxylic acids is 2. The van der Waals surface area contributed by atoms with E-state index in [1.165, 1.54) is 0 Å². The molecule has 7 heteroatoms. The number of ether oxygens (including phenoxy) is 1. The number of carbonyl (C=O) groups is 2. The molecule has 0 bridgehead atoms. The summed E-state index contributed by atoms with van der Waals surface area (Å²) in [7, 11) is 1.57. The smallest absolute Gasteiger partial charge is 0.268 e. The molecule has 1 aromatic heterocycles. The van der Waals surface area contributed by atoms with Crippen LogP contribution in [0.2, 0.25) is 0 Å². The third-order valence-electron chi connectivity index (χ3n) is 2.92. The van der Waals surface area contributed by atoms with Gasteiger partial charge in [-0.2, -0.15) is 0 Å². The normalized spacial score (nSPS) is 10.7. The quantitative estimate of drug-likeness (QED) is 0.610. The van der Waals surface area contributed by atoms with Crippen molar-refractivity contribution in [2.24, 2.45) is 0 Å². The van der Waals surface area contributed by atoms with Gasteiger partial charge in [0.05, 0.1) is 12.3 Å². The molecule has 0 radical (unpaired) electrons. The summed E-state index contributed by atoms with van der Waals surface area (Å²) in [6.07, 6.45) is 1.96. The molecule has 0 aliphatic rings. The number of aromatic nitrogens is 1. The highest BCUT2D eigenvalue weighted by molar-refractivity contribution is 5.94. The minimum Gasteiger partial charge on any atom is -0.397 e. The Labute approximate surface area is 124 Å². The Bertz CT molecular complexity index is 483. The van der Waals surface area contributed by atoms with Crippen molar-refractivity contribution in [3.63, 3.8) is 0 Å². The molecule has 0 saturated carbocycles. The van der Waals surface area contributed by atoms with Crippen LogP contribution in [-0.4, -0.2) is 43.2 Å². The summed E-state index contributed by atoms with van der Waals surface area (Å²) in [5.41, 5.74) is 6.77. The van der Waals surface area contributed by atoms with Gasteiger partial charge < -0.3 is 25.7 Å². The second-order valence-corrected chi connectivity index (χ2v) is 5.01. The van der Waals surface area contributed by atoms with Crippen molar-refractivity contribution in [3.05, 3.63) is 18.0 Å². The lowest BCUT2D eigenvalue weighted by Crippen LogP contribution is -2.33. The molecule has 21 heavy (non-hydrogen) atoms. The van der Waals surface area contributed by atoms with Crippen molar-refractivity contribution in [2.45, 2.75) is 26.3 Å². The number of rotatable bonds is 8. The van der Waals surface area contributed by atoms with Gasteiger partial charge in [-0.1, -0.05) is 0 Å². The van der Waals surface area contributed by atoms with E-state index < -0.39 is 0 Å². The van der Waals surface area contributed by atoms with E-state index in [0.717, 1.165) is 0 Å². The summed E-state index contributed by atoms with van der Waals surface area (Å²) in [4.78, 5) is 23.6. The number of hydrogen-bond acceptors (Lipinski definition) is 4. The summed E-state index contributed by atoms with van der Waals surface area (Å²) >= 11 is 0. The second kappa shape index (κ2) is 8.31. The fourth-order valence-corrected chi connectivity index (χ4v) is 1.87. The molecule has 0 saturated heterocycles. The minimum absolute atomic E-state index is 0.119. The number of nitrogen functional groups attached to an aromatic ring is 1. The van der Waals surface area contributed by atoms with Crippen LogP contribution in [0.25, 0.3) is 0 Å². The number of methoxy groups -OCH3 is 1. The molecule has 0 spiro atoms. The second-order valence-electron chi connectivity index (χ2n) is 5.01. The highest BCUT2D eigenvalue weighted by Crippen LogP contribution is 2.16. The van der Waals surface area contributed by atoms with E-state index in [4.69, 9.17) is 10.5 Å². The number of anilines is 1. The van der Waals surface area contributed by atoms with Crippen LogP contribution >= 0.6 is 0 Å². The van der Waals surface area contributed by atoms with Gasteiger partial charge in [0.15, 0.2) is 0 Å². The van der Waals surface area contributed by atoms with Crippen LogP contribution in [0.15, 0.2) is 12.3 Å². The van der Waals surface area contributed by atoms with Crippen molar-refractivity contribution in [2.75, 3.05) is 32.5 Å². The molecule has 118 valence electrons. The fraction of sp³-hybridized carbons (Fsp3) is 0.571. The zero-order valence-electron chi connectivity index (χ0n) is 12.8. The number of hydrogen-bond donors (Lipinski definition) is 3. The van der Waals surface area contributed by atoms with Crippen LogP contribution in [0.4, 0.5) is 5.69 Å². The summed E-state index contributed by atoms with van der Waals surface area (Å²) in [5, 5.41) is 5.41. The molecule has 0 aliphatic carbocycles. The first-order chi connectivity index (χ1) is 9.95. The Hall–Kier alpha value is -2.02. The van der Waals surface area contributed by atoms with Crippen LogP contribution in [0.1, 0.15) is 36.8 Å². The predicted molar refractivity (Wildman–Crippen MR) is 81.1 cm³/mol. The molecule has 2 amide bonds. The van der Waals surface area contributed by atoms with E-state index >= 15 is 0 Å². The van der Waals surface area contributed by atoms with Crippen molar-refractivity contribution >= 4 is 17.5 Å². The summed E-state index contributed by atoms with van der Waals surface area (Å²) in [6, 6.07) is 1.77. The monoisotopic (exact) mass is 296 g/mol. The van der Waals surface area contributed by atoms with Crippen LogP contribution in [0.3, 0.4) is 0 Å². The maximum absolute atomic E-state index is 12.1. The molecular formula is C14H24N4O3. The number of amides is 2. The van der Waals surface area contributed by atoms with Gasteiger partial charge in [0.1, 0.15) is 5.69 Å². The molecule has 0 unspecified atom stereocenters. The van der Waals surface area contributed by atoms with Crippen LogP contribution in [0.5, 0.6) is 0 Å². The molecule has 0 fully saturated rings. The Morgan fingerprint density at radius 3 is 2.67 bits per heavy atom. The van der Waals surface area contributed by atoms with Crippen LogP contribution in [0, 0.1) is 0 Å². The lowest BCUT2D eigenvalue weighted by molar-refractivity contribution is -0.121. The minimum atomic E-state index is -0.231. The molecule has 0 aromatic carbocycles. The first kappa shape index (κ1) is 17.0. The van der Waals surface area contributed by atoms with Crippen molar-refractivity contribution in [1.82, 2.24) is 15.2 Å². The van der Waals surface area contributed by atoms with Gasteiger partial charge in [-0.25, -0.2) is 0 Å². The SMILES string of the molecule is COCCNC(=O)CCNC(=O)c1cc(N)cn1C(C)C. The zero-order chi connectivity index (χ0) is 15.8. The van der Waals surface area contributed by atoms with E-state index in [9.17, 15) is 9.59 Å². The predicted octanol–water partition coefficient (Wildman–Crippen LogP) is 0.534. The standard InChI is InChI=1S/C14H24N4O3/c1-10(2)18-9-11(15)8-12(18)14(20)17-5-4-13(19)16-6-7-21-3/h8-10H,4-7,15H2,1-3H3,(H,16,19)(H,17,20). The van der Waals surface area contributed by atoms with Crippen molar-refractivity contribution < 1.29 is 14.3 Å². The van der Waals surface area contributed by atoms with E-state index in [0.29, 0.717) is 24.5 Å². The first-order valence-electron chi connectivity index (χ1n) is 6.97. The third kappa shape index (κ3) is 5.47. The van der Waals surface area contributed by atoms with Crippen molar-refractivity contribution in [3.8, 4) is 0 Å². The Balaban J connectivity index is 2.42. The molecule has 0 atom stereocenters. The Kier molecular flexibility index (Phi) is 6.74. The summed E-state index contributed by atoms with van der Waals surface area (Å²) in [6.45, 7) is 5.16. The maximum atomic E-state index is 12.1. The number of nitrogens with one attached hydrogen (secondary N) is 2. The highest BCUT2D eigenvalue weighted by atomic mass is 16.5. The molecular weight excluding hydrogens is 272 g/mol. The van der Waals surface area contributed by atoms with Gasteiger partial charge in [0, 0.05) is 38.9 Å². The molecule has 4 N–H and O–H groups in total. The van der Waals surface area contributed by atoms with Gasteiger partial charge in [-0.15, -0.1) is 0 Å². The van der Waals surface area contributed by atoms with Gasteiger partial charge in [0.2, 0.25) is 5.91 Å². The lowest BCUT2D eigenvalue weighted by atomic mass is 10.3. The lowest BCUT2D eigenvalue weighted by Gasteiger charge is -2.12. The van der Waals surface area contributed by atoms with Crippen LogP contribution in [-0.2, 0) is 9.53 Å². The van der Waals surface area contributed by atoms with E-state index in [-0.39, 0.29) is 30.8 Å². The average Bonchev–Trinajstić information content (AvgIpc) is 2.81. The van der Waals surface area contributed by atoms with E-state index in [1.54, 1.807) is 19.4 Å². The fourth-order valence-electron chi connectivity index (χ4n) is 1.87. The molecule has 1 rings (SSSR count). The van der Waals surface area contributed by atoms with E-state index in [2.05, 4.69) is 10.6 Å².